The summed E-state index contributed by atoms with van der Waals surface area (Å²) < 4.78 is 17.5. The number of aliphatic hydroxyl groups is 2. The van der Waals surface area contributed by atoms with E-state index in [1.165, 1.54) is 35.9 Å². The molecule has 0 radical (unpaired) electrons. The molecule has 0 aliphatic heterocycles. The van der Waals surface area contributed by atoms with Crippen molar-refractivity contribution in [3.05, 3.63) is 66.8 Å². The Morgan fingerprint density at radius 3 is 2.56 bits per heavy atom. The number of pyridine rings is 1. The van der Waals surface area contributed by atoms with Gasteiger partial charge < -0.3 is 10.2 Å². The van der Waals surface area contributed by atoms with Gasteiger partial charge >= 0.3 is 0 Å². The minimum atomic E-state index is -0.982. The van der Waals surface area contributed by atoms with E-state index in [-0.39, 0.29) is 22.3 Å². The van der Waals surface area contributed by atoms with Gasteiger partial charge in [-0.3, -0.25) is 19.2 Å². The number of fused-ring (bicyclic) bond motifs is 1. The Morgan fingerprint density at radius 1 is 1.22 bits per heavy atom. The second-order valence-electron chi connectivity index (χ2n) is 5.82. The summed E-state index contributed by atoms with van der Waals surface area (Å²) in [4.78, 5) is 28.9. The predicted octanol–water partition coefficient (Wildman–Crippen LogP) is 0.462. The molecule has 3 rings (SSSR count). The maximum absolute atomic E-state index is 14.6. The second kappa shape index (κ2) is 7.74. The summed E-state index contributed by atoms with van der Waals surface area (Å²) in [5.74, 6) is -0.624. The number of anilines is 1. The highest BCUT2D eigenvalue weighted by molar-refractivity contribution is 14.1. The Kier molecular flexibility index (Phi) is 5.58. The molecule has 0 amide bonds. The van der Waals surface area contributed by atoms with Gasteiger partial charge in [-0.25, -0.2) is 14.1 Å². The SMILES string of the molecule is Cn1c(=O)ccc2c(=O)n(N(c3ccc(I)cc3F)C(CO)CO)cnc21. The first-order chi connectivity index (χ1) is 12.9. The van der Waals surface area contributed by atoms with Crippen molar-refractivity contribution in [3.63, 3.8) is 0 Å². The fourth-order valence-electron chi connectivity index (χ4n) is 2.76. The zero-order valence-corrected chi connectivity index (χ0v) is 16.4. The standard InChI is InChI=1S/C17H16FIN4O4/c1-21-15(26)5-3-12-16(21)20-9-22(17(12)27)23(11(7-24)8-25)14-4-2-10(19)6-13(14)18/h2-6,9,11,24-25H,7-8H2,1H3. The average molecular weight is 486 g/mol. The fourth-order valence-corrected chi connectivity index (χ4v) is 3.21. The molecular weight excluding hydrogens is 470 g/mol. The Bertz CT molecular complexity index is 1110. The van der Waals surface area contributed by atoms with Gasteiger partial charge in [-0.15, -0.1) is 0 Å². The third-order valence-electron chi connectivity index (χ3n) is 4.17. The van der Waals surface area contributed by atoms with E-state index in [1.807, 2.05) is 22.6 Å². The van der Waals surface area contributed by atoms with Gasteiger partial charge in [0.25, 0.3) is 11.1 Å². The van der Waals surface area contributed by atoms with E-state index in [9.17, 15) is 24.2 Å². The molecule has 1 aromatic carbocycles. The van der Waals surface area contributed by atoms with Crippen LogP contribution in [0.4, 0.5) is 10.1 Å². The number of nitrogens with zero attached hydrogens (tertiary/aromatic N) is 4. The Labute approximate surface area is 166 Å². The first-order valence-electron chi connectivity index (χ1n) is 7.92. The summed E-state index contributed by atoms with van der Waals surface area (Å²) in [6.45, 7) is -1.06. The molecule has 0 bridgehead atoms. The van der Waals surface area contributed by atoms with Crippen LogP contribution in [0.3, 0.4) is 0 Å². The number of hydrogen-bond acceptors (Lipinski definition) is 6. The fraction of sp³-hybridized carbons (Fsp3) is 0.235. The molecule has 2 heterocycles. The molecule has 0 aliphatic carbocycles. The Balaban J connectivity index is 2.30. The van der Waals surface area contributed by atoms with Crippen LogP contribution in [0.2, 0.25) is 0 Å². The zero-order chi connectivity index (χ0) is 19.7. The highest BCUT2D eigenvalue weighted by Gasteiger charge is 2.24. The number of hydrogen-bond donors (Lipinski definition) is 2. The molecule has 2 N–H and O–H groups in total. The third-order valence-corrected chi connectivity index (χ3v) is 4.84. The molecule has 0 atom stereocenters. The van der Waals surface area contributed by atoms with Crippen LogP contribution in [-0.4, -0.2) is 43.7 Å². The molecule has 27 heavy (non-hydrogen) atoms. The summed E-state index contributed by atoms with van der Waals surface area (Å²) in [5, 5.41) is 20.6. The van der Waals surface area contributed by atoms with Crippen LogP contribution < -0.4 is 16.1 Å². The number of aliphatic hydroxyl groups excluding tert-OH is 2. The third kappa shape index (κ3) is 3.47. The van der Waals surface area contributed by atoms with E-state index in [0.717, 1.165) is 16.0 Å². The smallest absolute Gasteiger partial charge is 0.281 e. The molecule has 3 aromatic rings. The van der Waals surface area contributed by atoms with Crippen LogP contribution >= 0.6 is 22.6 Å². The predicted molar refractivity (Wildman–Crippen MR) is 106 cm³/mol. The molecule has 0 saturated heterocycles. The summed E-state index contributed by atoms with van der Waals surface area (Å²) >= 11 is 1.95. The molecule has 0 saturated carbocycles. The van der Waals surface area contributed by atoms with Crippen molar-refractivity contribution in [2.24, 2.45) is 7.05 Å². The second-order valence-corrected chi connectivity index (χ2v) is 7.07. The van der Waals surface area contributed by atoms with Crippen molar-refractivity contribution < 1.29 is 14.6 Å². The number of rotatable bonds is 5. The number of benzene rings is 1. The van der Waals surface area contributed by atoms with Crippen LogP contribution in [-0.2, 0) is 7.05 Å². The molecule has 0 unspecified atom stereocenters. The van der Waals surface area contributed by atoms with Crippen molar-refractivity contribution in [2.75, 3.05) is 18.2 Å². The summed E-state index contributed by atoms with van der Waals surface area (Å²) in [6, 6.07) is 5.97. The van der Waals surface area contributed by atoms with E-state index in [2.05, 4.69) is 4.98 Å². The van der Waals surface area contributed by atoms with Gasteiger partial charge in [0.2, 0.25) is 0 Å². The van der Waals surface area contributed by atoms with Gasteiger partial charge in [0.05, 0.1) is 30.3 Å². The van der Waals surface area contributed by atoms with Gasteiger partial charge in [0, 0.05) is 16.7 Å². The Hall–Kier alpha value is -2.31. The lowest BCUT2D eigenvalue weighted by Gasteiger charge is -2.32. The largest absolute Gasteiger partial charge is 0.394 e. The maximum atomic E-state index is 14.6. The van der Waals surface area contributed by atoms with E-state index in [4.69, 9.17) is 0 Å². The average Bonchev–Trinajstić information content (AvgIpc) is 2.64. The van der Waals surface area contributed by atoms with Gasteiger partial charge in [-0.2, -0.15) is 0 Å². The number of aromatic nitrogens is 3. The van der Waals surface area contributed by atoms with Crippen molar-refractivity contribution in [1.82, 2.24) is 14.2 Å². The van der Waals surface area contributed by atoms with E-state index in [0.29, 0.717) is 3.57 Å². The van der Waals surface area contributed by atoms with Crippen LogP contribution in [0.1, 0.15) is 0 Å². The van der Waals surface area contributed by atoms with Gasteiger partial charge in [-0.05, 0) is 46.9 Å². The highest BCUT2D eigenvalue weighted by Crippen LogP contribution is 2.23. The van der Waals surface area contributed by atoms with Crippen LogP contribution in [0.15, 0.2) is 46.2 Å². The highest BCUT2D eigenvalue weighted by atomic mass is 127. The number of aryl methyl sites for hydroxylation is 1. The van der Waals surface area contributed by atoms with Crippen molar-refractivity contribution in [1.29, 1.82) is 0 Å². The monoisotopic (exact) mass is 486 g/mol. The Morgan fingerprint density at radius 2 is 1.93 bits per heavy atom. The minimum absolute atomic E-state index is 0.00316. The van der Waals surface area contributed by atoms with Crippen LogP contribution in [0.25, 0.3) is 11.0 Å². The minimum Gasteiger partial charge on any atom is -0.394 e. The maximum Gasteiger partial charge on any atom is 0.281 e. The van der Waals surface area contributed by atoms with Crippen LogP contribution in [0, 0.1) is 9.39 Å². The molecule has 0 fully saturated rings. The lowest BCUT2D eigenvalue weighted by molar-refractivity contribution is 0.180. The molecule has 142 valence electrons. The molecule has 0 aliphatic rings. The molecule has 8 nitrogen and oxygen atoms in total. The van der Waals surface area contributed by atoms with E-state index < -0.39 is 30.6 Å². The van der Waals surface area contributed by atoms with Crippen molar-refractivity contribution in [3.8, 4) is 0 Å². The summed E-state index contributed by atoms with van der Waals surface area (Å²) in [7, 11) is 1.49. The van der Waals surface area contributed by atoms with E-state index >= 15 is 0 Å². The molecule has 2 aromatic heterocycles. The van der Waals surface area contributed by atoms with Crippen molar-refractivity contribution in [2.45, 2.75) is 6.04 Å². The van der Waals surface area contributed by atoms with Crippen LogP contribution in [0.5, 0.6) is 0 Å². The first kappa shape index (κ1) is 19.5. The van der Waals surface area contributed by atoms with Crippen molar-refractivity contribution >= 4 is 39.3 Å². The van der Waals surface area contributed by atoms with Gasteiger partial charge in [0.1, 0.15) is 17.8 Å². The van der Waals surface area contributed by atoms with Gasteiger partial charge in [-0.1, -0.05) is 0 Å². The lowest BCUT2D eigenvalue weighted by Crippen LogP contribution is -2.49. The normalized spacial score (nSPS) is 11.3. The number of halogens is 2. The van der Waals surface area contributed by atoms with E-state index in [1.54, 1.807) is 6.07 Å². The summed E-state index contributed by atoms with van der Waals surface area (Å²) in [5.41, 5.74) is -0.718. The molecule has 0 spiro atoms. The first-order valence-corrected chi connectivity index (χ1v) is 9.00. The van der Waals surface area contributed by atoms with Gasteiger partial charge in [0.15, 0.2) is 0 Å². The molecular formula is C17H16FIN4O4. The molecule has 10 heteroatoms. The quantitative estimate of drug-likeness (QED) is 0.509. The topological polar surface area (TPSA) is 101 Å². The zero-order valence-electron chi connectivity index (χ0n) is 14.2. The lowest BCUT2D eigenvalue weighted by atomic mass is 10.2. The summed E-state index contributed by atoms with van der Waals surface area (Å²) in [6.07, 6.45) is 1.14.